The Morgan fingerprint density at radius 3 is 0.850 bits per heavy atom. The second-order valence-electron chi connectivity index (χ2n) is 3.55. The molecule has 0 aliphatic heterocycles. The Kier molecular flexibility index (Phi) is 99.1. The molecular formula is C15H40O5. The first-order valence-corrected chi connectivity index (χ1v) is 7.54. The molecule has 0 fully saturated rings. The quantitative estimate of drug-likeness (QED) is 0.483. The van der Waals surface area contributed by atoms with Crippen LogP contribution in [0.15, 0.2) is 0 Å². The normalized spacial score (nSPS) is 7.50. The maximum absolute atomic E-state index is 8.20. The molecule has 0 aliphatic carbocycles. The molecule has 0 aliphatic rings. The lowest BCUT2D eigenvalue weighted by atomic mass is 10.3. The zero-order valence-corrected chi connectivity index (χ0v) is 14.3. The molecule has 0 radical (unpaired) electrons. The fourth-order valence-electron chi connectivity index (χ4n) is 0.520. The number of aliphatic hydroxyl groups is 5. The SMILES string of the molecule is CCCCCO.CCCCO.CCCO.CCO.CO. The Labute approximate surface area is 126 Å². The Morgan fingerprint density at radius 2 is 0.800 bits per heavy atom. The number of hydrogen-bond acceptors (Lipinski definition) is 5. The second-order valence-corrected chi connectivity index (χ2v) is 3.55. The fraction of sp³-hybridized carbons (Fsp3) is 1.00. The monoisotopic (exact) mass is 300 g/mol. The average molecular weight is 300 g/mol. The molecule has 0 atom stereocenters. The van der Waals surface area contributed by atoms with Crippen molar-refractivity contribution in [2.24, 2.45) is 0 Å². The van der Waals surface area contributed by atoms with Gasteiger partial charge < -0.3 is 25.5 Å². The molecule has 20 heavy (non-hydrogen) atoms. The predicted molar refractivity (Wildman–Crippen MR) is 86.9 cm³/mol. The van der Waals surface area contributed by atoms with Gasteiger partial charge in [-0.3, -0.25) is 0 Å². The number of hydrogen-bond donors (Lipinski definition) is 5. The predicted octanol–water partition coefficient (Wildman–Crippen LogP) is 1.94. The lowest BCUT2D eigenvalue weighted by molar-refractivity contribution is 0.284. The van der Waals surface area contributed by atoms with Crippen molar-refractivity contribution in [2.45, 2.75) is 66.2 Å². The highest BCUT2D eigenvalue weighted by Crippen LogP contribution is 1.89. The van der Waals surface area contributed by atoms with Gasteiger partial charge in [0.2, 0.25) is 0 Å². The topological polar surface area (TPSA) is 101 Å². The van der Waals surface area contributed by atoms with Gasteiger partial charge in [0.05, 0.1) is 0 Å². The van der Waals surface area contributed by atoms with Gasteiger partial charge in [-0.15, -0.1) is 0 Å². The summed E-state index contributed by atoms with van der Waals surface area (Å²) in [6.45, 7) is 9.05. The molecule has 0 bridgehead atoms. The van der Waals surface area contributed by atoms with Gasteiger partial charge in [-0.25, -0.2) is 0 Å². The van der Waals surface area contributed by atoms with E-state index in [0.29, 0.717) is 19.8 Å². The van der Waals surface area contributed by atoms with Crippen molar-refractivity contribution in [3.05, 3.63) is 0 Å². The van der Waals surface area contributed by atoms with Crippen LogP contribution < -0.4 is 0 Å². The van der Waals surface area contributed by atoms with Crippen molar-refractivity contribution < 1.29 is 25.5 Å². The fourth-order valence-corrected chi connectivity index (χ4v) is 0.520. The lowest BCUT2D eigenvalue weighted by Gasteiger charge is -1.85. The van der Waals surface area contributed by atoms with E-state index >= 15 is 0 Å². The molecule has 0 unspecified atom stereocenters. The summed E-state index contributed by atoms with van der Waals surface area (Å²) in [6.07, 6.45) is 6.24. The molecule has 5 heteroatoms. The Bertz CT molecular complexity index is 74.7. The Balaban J connectivity index is -0.0000000492. The van der Waals surface area contributed by atoms with Crippen LogP contribution in [0.1, 0.15) is 66.2 Å². The maximum atomic E-state index is 8.20. The molecule has 0 spiro atoms. The van der Waals surface area contributed by atoms with E-state index in [1.165, 1.54) is 6.42 Å². The van der Waals surface area contributed by atoms with Gasteiger partial charge in [-0.1, -0.05) is 40.0 Å². The molecule has 0 heterocycles. The van der Waals surface area contributed by atoms with Crippen LogP contribution in [0.2, 0.25) is 0 Å². The van der Waals surface area contributed by atoms with E-state index in [1.54, 1.807) is 6.92 Å². The highest BCUT2D eigenvalue weighted by Gasteiger charge is 1.76. The van der Waals surface area contributed by atoms with Crippen molar-refractivity contribution in [3.63, 3.8) is 0 Å². The van der Waals surface area contributed by atoms with Gasteiger partial charge in [-0.2, -0.15) is 0 Å². The summed E-state index contributed by atoms with van der Waals surface area (Å²) >= 11 is 0. The number of rotatable bonds is 6. The first-order valence-electron chi connectivity index (χ1n) is 7.54. The number of unbranched alkanes of at least 4 members (excludes halogenated alkanes) is 3. The van der Waals surface area contributed by atoms with Crippen LogP contribution >= 0.6 is 0 Å². The molecule has 0 aromatic heterocycles. The van der Waals surface area contributed by atoms with Crippen molar-refractivity contribution >= 4 is 0 Å². The van der Waals surface area contributed by atoms with Gasteiger partial charge in [0, 0.05) is 33.5 Å². The van der Waals surface area contributed by atoms with Crippen molar-refractivity contribution in [2.75, 3.05) is 33.5 Å². The van der Waals surface area contributed by atoms with Crippen LogP contribution in [0.25, 0.3) is 0 Å². The smallest absolute Gasteiger partial charge is 0.0431 e. The maximum Gasteiger partial charge on any atom is 0.0431 e. The largest absolute Gasteiger partial charge is 0.400 e. The summed E-state index contributed by atoms with van der Waals surface area (Å²) in [4.78, 5) is 0. The van der Waals surface area contributed by atoms with Crippen molar-refractivity contribution in [1.82, 2.24) is 0 Å². The van der Waals surface area contributed by atoms with Crippen LogP contribution in [0.3, 0.4) is 0 Å². The standard InChI is InChI=1S/C5H12O.C4H10O.C3H8O.C2H6O.CH4O/c1-2-3-4-5-6;1-2-3-4-5;1-2-3-4;1-2-3;1-2/h6H,2-5H2,1H3;5H,2-4H2,1H3;4H,2-3H2,1H3;3H,2H2,1H3;2H,1H3. The van der Waals surface area contributed by atoms with E-state index in [2.05, 4.69) is 13.8 Å². The summed E-state index contributed by atoms with van der Waals surface area (Å²) in [5.41, 5.74) is 0. The van der Waals surface area contributed by atoms with Crippen molar-refractivity contribution in [1.29, 1.82) is 0 Å². The first kappa shape index (κ1) is 31.9. The summed E-state index contributed by atoms with van der Waals surface area (Å²) in [5.74, 6) is 0. The summed E-state index contributed by atoms with van der Waals surface area (Å²) < 4.78 is 0. The van der Waals surface area contributed by atoms with Gasteiger partial charge in [0.25, 0.3) is 0 Å². The summed E-state index contributed by atoms with van der Waals surface area (Å²) in [6, 6.07) is 0. The van der Waals surface area contributed by atoms with Crippen molar-refractivity contribution in [3.8, 4) is 0 Å². The highest BCUT2D eigenvalue weighted by molar-refractivity contribution is 4.30. The van der Waals surface area contributed by atoms with E-state index in [-0.39, 0.29) is 6.61 Å². The molecule has 0 aromatic rings. The van der Waals surface area contributed by atoms with Crippen LogP contribution in [0, 0.1) is 0 Å². The van der Waals surface area contributed by atoms with Crippen LogP contribution in [0.5, 0.6) is 0 Å². The zero-order valence-electron chi connectivity index (χ0n) is 14.3. The minimum atomic E-state index is 0.250. The molecule has 5 nitrogen and oxygen atoms in total. The molecular weight excluding hydrogens is 260 g/mol. The first-order chi connectivity index (χ1) is 9.66. The Hall–Kier alpha value is -0.200. The van der Waals surface area contributed by atoms with Gasteiger partial charge in [0.15, 0.2) is 0 Å². The molecule has 130 valence electrons. The zero-order chi connectivity index (χ0) is 17.1. The third-order valence-corrected chi connectivity index (χ3v) is 1.50. The lowest BCUT2D eigenvalue weighted by Crippen LogP contribution is -1.78. The summed E-state index contributed by atoms with van der Waals surface area (Å²) in [5, 5.41) is 38.7. The minimum absolute atomic E-state index is 0.250. The van der Waals surface area contributed by atoms with E-state index in [1.807, 2.05) is 6.92 Å². The van der Waals surface area contributed by atoms with Gasteiger partial charge >= 0.3 is 0 Å². The minimum Gasteiger partial charge on any atom is -0.400 e. The molecule has 0 saturated carbocycles. The van der Waals surface area contributed by atoms with E-state index in [9.17, 15) is 0 Å². The average Bonchev–Trinajstić information content (AvgIpc) is 2.49. The van der Waals surface area contributed by atoms with Crippen LogP contribution in [-0.4, -0.2) is 59.1 Å². The molecule has 0 aromatic carbocycles. The molecule has 0 amide bonds. The number of aliphatic hydroxyl groups excluding tert-OH is 5. The van der Waals surface area contributed by atoms with Crippen LogP contribution in [-0.2, 0) is 0 Å². The second kappa shape index (κ2) is 62.0. The third kappa shape index (κ3) is 149. The van der Waals surface area contributed by atoms with Crippen LogP contribution in [0.4, 0.5) is 0 Å². The van der Waals surface area contributed by atoms with E-state index < -0.39 is 0 Å². The third-order valence-electron chi connectivity index (χ3n) is 1.50. The highest BCUT2D eigenvalue weighted by atomic mass is 16.3. The molecule has 5 N–H and O–H groups in total. The molecule has 0 saturated heterocycles. The summed E-state index contributed by atoms with van der Waals surface area (Å²) in [7, 11) is 1.00. The van der Waals surface area contributed by atoms with Gasteiger partial charge in [0.1, 0.15) is 0 Å². The molecule has 0 rings (SSSR count). The van der Waals surface area contributed by atoms with Gasteiger partial charge in [-0.05, 0) is 26.2 Å². The van der Waals surface area contributed by atoms with E-state index in [0.717, 1.165) is 39.2 Å². The Morgan fingerprint density at radius 1 is 0.500 bits per heavy atom. The van der Waals surface area contributed by atoms with E-state index in [4.69, 9.17) is 25.5 Å².